The third-order valence-corrected chi connectivity index (χ3v) is 10.7. The van der Waals surface area contributed by atoms with Crippen molar-refractivity contribution in [3.05, 3.63) is 301 Å². The number of hydrogen-bond donors (Lipinski definition) is 6. The van der Waals surface area contributed by atoms with E-state index in [2.05, 4.69) is 152 Å². The first-order valence-electron chi connectivity index (χ1n) is 27.7. The van der Waals surface area contributed by atoms with Gasteiger partial charge >= 0.3 is 0 Å². The summed E-state index contributed by atoms with van der Waals surface area (Å²) in [4.78, 5) is 0. The second kappa shape index (κ2) is 46.1. The maximum atomic E-state index is 8.63. The van der Waals surface area contributed by atoms with Crippen molar-refractivity contribution in [1.29, 1.82) is 0 Å². The van der Waals surface area contributed by atoms with E-state index in [0.29, 0.717) is 34.5 Å². The van der Waals surface area contributed by atoms with Crippen LogP contribution in [0.15, 0.2) is 279 Å². The molecule has 0 aliphatic heterocycles. The molecule has 0 bridgehead atoms. The van der Waals surface area contributed by atoms with E-state index < -0.39 is 0 Å². The molecule has 10 aromatic carbocycles. The van der Waals surface area contributed by atoms with E-state index in [4.69, 9.17) is 30.6 Å². The zero-order chi connectivity index (χ0) is 58.9. The molecule has 0 aromatic heterocycles. The molecule has 0 fully saturated rings. The molecule has 80 heavy (non-hydrogen) atoms. The van der Waals surface area contributed by atoms with E-state index >= 15 is 0 Å². The fourth-order valence-corrected chi connectivity index (χ4v) is 6.30. The van der Waals surface area contributed by atoms with Crippen LogP contribution >= 0.6 is 0 Å². The van der Waals surface area contributed by atoms with Crippen molar-refractivity contribution in [3.8, 4) is 56.8 Å². The number of rotatable bonds is 6. The van der Waals surface area contributed by atoms with Crippen molar-refractivity contribution in [3.63, 3.8) is 0 Å². The van der Waals surface area contributed by atoms with Crippen molar-refractivity contribution in [1.82, 2.24) is 0 Å². The Morgan fingerprint density at radius 1 is 0.175 bits per heavy atom. The number of aromatic hydroxyl groups is 6. The number of aryl methyl sites for hydroxylation is 4. The number of hydrogen-bond acceptors (Lipinski definition) is 6. The summed E-state index contributed by atoms with van der Waals surface area (Å²) in [6.45, 7) is 17.2. The van der Waals surface area contributed by atoms with E-state index in [0.717, 1.165) is 25.7 Å². The molecule has 0 radical (unpaired) electrons. The summed E-state index contributed by atoms with van der Waals surface area (Å²) in [6, 6.07) is 87.6. The second-order valence-corrected chi connectivity index (χ2v) is 17.6. The first-order chi connectivity index (χ1) is 38.9. The average molecular weight is 1070 g/mol. The van der Waals surface area contributed by atoms with Gasteiger partial charge in [-0.25, -0.2) is 0 Å². The topological polar surface area (TPSA) is 121 Å². The highest BCUT2D eigenvalue weighted by molar-refractivity contribution is 5.65. The number of phenols is 6. The Labute approximate surface area is 480 Å². The van der Waals surface area contributed by atoms with Gasteiger partial charge in [0.25, 0.3) is 0 Å². The molecule has 0 saturated heterocycles. The van der Waals surface area contributed by atoms with Gasteiger partial charge in [-0.15, -0.1) is 0 Å². The first-order valence-corrected chi connectivity index (χ1v) is 27.7. The van der Waals surface area contributed by atoms with Crippen LogP contribution in [0.25, 0.3) is 22.3 Å². The largest absolute Gasteiger partial charge is 0.508 e. The maximum Gasteiger partial charge on any atom is 0.115 e. The van der Waals surface area contributed by atoms with Gasteiger partial charge in [-0.1, -0.05) is 274 Å². The Morgan fingerprint density at radius 3 is 0.362 bits per heavy atom. The van der Waals surface area contributed by atoms with Crippen LogP contribution in [0.2, 0.25) is 0 Å². The summed E-state index contributed by atoms with van der Waals surface area (Å²) < 4.78 is 0. The lowest BCUT2D eigenvalue weighted by Gasteiger charge is -2.04. The summed E-state index contributed by atoms with van der Waals surface area (Å²) in [5.41, 5.74) is 10.8. The molecule has 0 aliphatic rings. The Bertz CT molecular complexity index is 2410. The van der Waals surface area contributed by atoms with Gasteiger partial charge in [0.2, 0.25) is 0 Å². The van der Waals surface area contributed by atoms with E-state index in [1.807, 2.05) is 36.4 Å². The Morgan fingerprint density at radius 2 is 0.287 bits per heavy atom. The number of phenolic OH excluding ortho intramolecular Hbond substituents is 6. The van der Waals surface area contributed by atoms with Gasteiger partial charge in [-0.3, -0.25) is 0 Å². The minimum absolute atomic E-state index is 0.322. The fraction of sp³-hybridized carbons (Fsp3) is 0.189. The predicted molar refractivity (Wildman–Crippen MR) is 342 cm³/mol. The summed E-state index contributed by atoms with van der Waals surface area (Å²) in [6.07, 6.45) is 6.92. The molecule has 6 heteroatoms. The smallest absolute Gasteiger partial charge is 0.115 e. The lowest BCUT2D eigenvalue weighted by Crippen LogP contribution is -1.83. The quantitative estimate of drug-likeness (QED) is 0.0987. The van der Waals surface area contributed by atoms with Crippen molar-refractivity contribution in [2.24, 2.45) is 0 Å². The highest BCUT2D eigenvalue weighted by Gasteiger charge is 1.99. The van der Waals surface area contributed by atoms with Gasteiger partial charge in [-0.2, -0.15) is 0 Å². The van der Waals surface area contributed by atoms with Crippen LogP contribution in [-0.4, -0.2) is 30.6 Å². The van der Waals surface area contributed by atoms with Gasteiger partial charge < -0.3 is 30.6 Å². The maximum absolute atomic E-state index is 8.63. The van der Waals surface area contributed by atoms with Gasteiger partial charge in [0.15, 0.2) is 0 Å². The Balaban J connectivity index is 0.000000463. The molecule has 0 amide bonds. The zero-order valence-corrected chi connectivity index (χ0v) is 48.5. The van der Waals surface area contributed by atoms with Crippen LogP contribution in [0, 0.1) is 0 Å². The van der Waals surface area contributed by atoms with E-state index in [9.17, 15) is 0 Å². The third-order valence-electron chi connectivity index (χ3n) is 10.7. The average Bonchev–Trinajstić information content (AvgIpc) is 3.50. The monoisotopic (exact) mass is 1070 g/mol. The minimum atomic E-state index is 0.322. The second-order valence-electron chi connectivity index (χ2n) is 17.6. The normalized spacial score (nSPS) is 9.10. The minimum Gasteiger partial charge on any atom is -0.508 e. The molecular weight excluding hydrogens is 985 g/mol. The molecule has 0 aliphatic carbocycles. The number of para-hydroxylation sites is 6. The van der Waals surface area contributed by atoms with Gasteiger partial charge in [0, 0.05) is 0 Å². The molecule has 0 heterocycles. The summed E-state index contributed by atoms with van der Waals surface area (Å²) in [7, 11) is 0. The molecular formula is C74H88O6. The standard InChI is InChI=1S/2C16H18.6C6H6O.2C3H8/c2*1-3-13-5-9-15(10-6-13)16-11-7-14(4-2)8-12-16;6*7-6-4-2-1-3-5-6;2*1-3-2/h2*5-12H,3-4H2,1-2H3;6*1-5,7H;2*3H2,1-2H3. The number of benzene rings is 10. The predicted octanol–water partition coefficient (Wildman–Crippen LogP) is 20.1. The van der Waals surface area contributed by atoms with E-state index in [1.54, 1.807) is 146 Å². The highest BCUT2D eigenvalue weighted by Crippen LogP contribution is 2.22. The lowest BCUT2D eigenvalue weighted by atomic mass is 10.0. The fourth-order valence-electron chi connectivity index (χ4n) is 6.30. The molecule has 6 N–H and O–H groups in total. The van der Waals surface area contributed by atoms with Crippen molar-refractivity contribution in [2.45, 2.75) is 93.9 Å². The molecule has 0 saturated carbocycles. The van der Waals surface area contributed by atoms with Crippen molar-refractivity contribution < 1.29 is 30.6 Å². The Kier molecular flexibility index (Phi) is 39.8. The van der Waals surface area contributed by atoms with Crippen LogP contribution in [0.1, 0.15) is 90.5 Å². The highest BCUT2D eigenvalue weighted by atomic mass is 16.3. The SMILES string of the molecule is CCC.CCC.CCc1ccc(-c2ccc(CC)cc2)cc1.CCc1ccc(-c2ccc(CC)cc2)cc1.Oc1ccccc1.Oc1ccccc1.Oc1ccccc1.Oc1ccccc1.Oc1ccccc1.Oc1ccccc1. The van der Waals surface area contributed by atoms with E-state index in [1.165, 1.54) is 57.3 Å². The van der Waals surface area contributed by atoms with Gasteiger partial charge in [0.05, 0.1) is 0 Å². The van der Waals surface area contributed by atoms with Crippen LogP contribution < -0.4 is 0 Å². The zero-order valence-electron chi connectivity index (χ0n) is 48.5. The summed E-state index contributed by atoms with van der Waals surface area (Å²) in [5.74, 6) is 1.93. The molecule has 6 nitrogen and oxygen atoms in total. The summed E-state index contributed by atoms with van der Waals surface area (Å²) >= 11 is 0. The molecule has 0 unspecified atom stereocenters. The molecule has 10 rings (SSSR count). The van der Waals surface area contributed by atoms with Gasteiger partial charge in [-0.05, 0) is 143 Å². The third kappa shape index (κ3) is 35.4. The van der Waals surface area contributed by atoms with Crippen LogP contribution in [0.5, 0.6) is 34.5 Å². The van der Waals surface area contributed by atoms with E-state index in [-0.39, 0.29) is 0 Å². The Hall–Kier alpha value is -9.00. The van der Waals surface area contributed by atoms with Gasteiger partial charge in [0.1, 0.15) is 34.5 Å². The first kappa shape index (κ1) is 69.0. The van der Waals surface area contributed by atoms with Crippen LogP contribution in [0.4, 0.5) is 0 Å². The molecule has 0 atom stereocenters. The van der Waals surface area contributed by atoms with Crippen molar-refractivity contribution in [2.75, 3.05) is 0 Å². The summed E-state index contributed by atoms with van der Waals surface area (Å²) in [5, 5.41) is 51.8. The molecule has 0 spiro atoms. The molecule has 10 aromatic rings. The van der Waals surface area contributed by atoms with Crippen LogP contribution in [0.3, 0.4) is 0 Å². The lowest BCUT2D eigenvalue weighted by molar-refractivity contribution is 0.475. The molecule has 420 valence electrons. The van der Waals surface area contributed by atoms with Crippen LogP contribution in [-0.2, 0) is 25.7 Å². The van der Waals surface area contributed by atoms with Crippen molar-refractivity contribution >= 4 is 0 Å².